The summed E-state index contributed by atoms with van der Waals surface area (Å²) in [4.78, 5) is 12.8. The minimum absolute atomic E-state index is 0.213. The summed E-state index contributed by atoms with van der Waals surface area (Å²) in [6, 6.07) is 7.84. The second-order valence-electron chi connectivity index (χ2n) is 7.92. The van der Waals surface area contributed by atoms with Crippen LogP contribution in [0.5, 0.6) is 16.7 Å². The summed E-state index contributed by atoms with van der Waals surface area (Å²) < 4.78 is 31.6. The first-order chi connectivity index (χ1) is 17.1. The lowest BCUT2D eigenvalue weighted by molar-refractivity contribution is 0.417. The third kappa shape index (κ3) is 4.19. The molecule has 0 unspecified atom stereocenters. The van der Waals surface area contributed by atoms with E-state index >= 15 is 0 Å². The molecule has 5 aromatic rings. The van der Waals surface area contributed by atoms with E-state index < -0.39 is 5.82 Å². The van der Waals surface area contributed by atoms with Gasteiger partial charge in [0.05, 0.1) is 24.0 Å². The van der Waals surface area contributed by atoms with Crippen LogP contribution in [0.3, 0.4) is 0 Å². The molecule has 12 heteroatoms. The van der Waals surface area contributed by atoms with Gasteiger partial charge in [-0.1, -0.05) is 11.3 Å². The number of hydrogen-bond donors (Lipinski definition) is 2. The molecule has 6 rings (SSSR count). The number of methoxy groups -OCH3 is 1. The zero-order valence-electron chi connectivity index (χ0n) is 18.4. The van der Waals surface area contributed by atoms with Crippen molar-refractivity contribution in [3.63, 3.8) is 0 Å². The van der Waals surface area contributed by atoms with Gasteiger partial charge in [0.1, 0.15) is 35.2 Å². The van der Waals surface area contributed by atoms with E-state index in [4.69, 9.17) is 19.6 Å². The molecular formula is C23H18FN7O3S. The molecule has 0 radical (unpaired) electrons. The first-order valence-corrected chi connectivity index (χ1v) is 11.6. The van der Waals surface area contributed by atoms with Gasteiger partial charge in [-0.2, -0.15) is 4.98 Å². The quantitative estimate of drug-likeness (QED) is 0.290. The highest BCUT2D eigenvalue weighted by atomic mass is 32.1. The predicted octanol–water partition coefficient (Wildman–Crippen LogP) is 5.28. The molecule has 2 aromatic carbocycles. The number of anilines is 3. The molecule has 1 aliphatic rings. The van der Waals surface area contributed by atoms with E-state index in [2.05, 4.69) is 30.5 Å². The third-order valence-corrected chi connectivity index (χ3v) is 6.17. The highest BCUT2D eigenvalue weighted by Crippen LogP contribution is 2.40. The lowest BCUT2D eigenvalue weighted by Crippen LogP contribution is -2.00. The van der Waals surface area contributed by atoms with Crippen LogP contribution in [0, 0.1) is 5.82 Å². The van der Waals surface area contributed by atoms with Crippen LogP contribution in [-0.4, -0.2) is 32.3 Å². The Balaban J connectivity index is 1.20. The maximum atomic E-state index is 14.9. The zero-order chi connectivity index (χ0) is 23.9. The van der Waals surface area contributed by atoms with E-state index in [0.29, 0.717) is 62.5 Å². The Kier molecular flexibility index (Phi) is 5.14. The highest BCUT2D eigenvalue weighted by molar-refractivity contribution is 7.11. The Morgan fingerprint density at radius 3 is 2.86 bits per heavy atom. The van der Waals surface area contributed by atoms with Gasteiger partial charge in [-0.3, -0.25) is 0 Å². The van der Waals surface area contributed by atoms with Gasteiger partial charge >= 0.3 is 0 Å². The Morgan fingerprint density at radius 1 is 1.17 bits per heavy atom. The van der Waals surface area contributed by atoms with Gasteiger partial charge in [0.25, 0.3) is 11.1 Å². The van der Waals surface area contributed by atoms with Gasteiger partial charge in [-0.25, -0.2) is 14.4 Å². The molecule has 176 valence electrons. The standard InChI is InChI=1S/C23H18FN7O3S/c1-32-19-8-17-13(7-15(19)25)20(27-10-26-17)28-16-5-4-12(6-14(16)24)33-23-29-18(9-35-23)22-31-30-21(34-22)11-2-3-11/h4-11H,2-3,25H2,1H3,(H,26,27,28). The third-order valence-electron chi connectivity index (χ3n) is 5.46. The van der Waals surface area contributed by atoms with Crippen LogP contribution in [0.2, 0.25) is 0 Å². The smallest absolute Gasteiger partial charge is 0.279 e. The molecule has 3 N–H and O–H groups in total. The van der Waals surface area contributed by atoms with Crippen molar-refractivity contribution in [2.75, 3.05) is 18.2 Å². The molecule has 0 saturated heterocycles. The van der Waals surface area contributed by atoms with Crippen LogP contribution in [-0.2, 0) is 0 Å². The molecular weight excluding hydrogens is 473 g/mol. The van der Waals surface area contributed by atoms with Crippen LogP contribution >= 0.6 is 11.3 Å². The minimum atomic E-state index is -0.529. The zero-order valence-corrected chi connectivity index (χ0v) is 19.2. The number of fused-ring (bicyclic) bond motifs is 1. The Morgan fingerprint density at radius 2 is 2.06 bits per heavy atom. The van der Waals surface area contributed by atoms with Crippen molar-refractivity contribution in [3.05, 3.63) is 53.7 Å². The van der Waals surface area contributed by atoms with Crippen molar-refractivity contribution in [3.8, 4) is 28.3 Å². The molecule has 0 spiro atoms. The summed E-state index contributed by atoms with van der Waals surface area (Å²) in [5.41, 5.74) is 7.79. The molecule has 0 bridgehead atoms. The summed E-state index contributed by atoms with van der Waals surface area (Å²) >= 11 is 1.25. The average Bonchev–Trinajstić information content (AvgIpc) is 3.40. The first kappa shape index (κ1) is 21.2. The second kappa shape index (κ2) is 8.47. The van der Waals surface area contributed by atoms with Crippen LogP contribution in [0.25, 0.3) is 22.5 Å². The number of benzene rings is 2. The molecule has 1 saturated carbocycles. The fraction of sp³-hybridized carbons (Fsp3) is 0.174. The summed E-state index contributed by atoms with van der Waals surface area (Å²) in [5, 5.41) is 13.8. The number of nitrogens with two attached hydrogens (primary N) is 1. The van der Waals surface area contributed by atoms with Crippen LogP contribution in [0.15, 0.2) is 46.5 Å². The van der Waals surface area contributed by atoms with Crippen molar-refractivity contribution < 1.29 is 18.3 Å². The molecule has 10 nitrogen and oxygen atoms in total. The largest absolute Gasteiger partial charge is 0.495 e. The van der Waals surface area contributed by atoms with Crippen molar-refractivity contribution in [1.82, 2.24) is 25.1 Å². The van der Waals surface area contributed by atoms with E-state index in [1.165, 1.54) is 30.8 Å². The fourth-order valence-corrected chi connectivity index (χ4v) is 4.16. The molecule has 3 aromatic heterocycles. The number of rotatable bonds is 7. The number of aromatic nitrogens is 5. The molecule has 0 aliphatic heterocycles. The van der Waals surface area contributed by atoms with Gasteiger partial charge in [-0.05, 0) is 31.0 Å². The lowest BCUT2D eigenvalue weighted by atomic mass is 10.2. The second-order valence-corrected chi connectivity index (χ2v) is 8.74. The lowest BCUT2D eigenvalue weighted by Gasteiger charge is -2.12. The van der Waals surface area contributed by atoms with Crippen LogP contribution < -0.4 is 20.5 Å². The van der Waals surface area contributed by atoms with E-state index in [-0.39, 0.29) is 5.69 Å². The van der Waals surface area contributed by atoms with Gasteiger partial charge in [0, 0.05) is 28.8 Å². The van der Waals surface area contributed by atoms with E-state index in [1.54, 1.807) is 29.6 Å². The number of halogens is 1. The van der Waals surface area contributed by atoms with Crippen molar-refractivity contribution >= 4 is 39.4 Å². The Labute approximate surface area is 202 Å². The maximum Gasteiger partial charge on any atom is 0.279 e. The first-order valence-electron chi connectivity index (χ1n) is 10.7. The van der Waals surface area contributed by atoms with Crippen molar-refractivity contribution in [2.24, 2.45) is 0 Å². The number of nitrogens with one attached hydrogen (secondary N) is 1. The van der Waals surface area contributed by atoms with Gasteiger partial charge in [0.2, 0.25) is 5.89 Å². The van der Waals surface area contributed by atoms with E-state index in [1.807, 2.05) is 0 Å². The van der Waals surface area contributed by atoms with Crippen molar-refractivity contribution in [2.45, 2.75) is 18.8 Å². The number of nitrogen functional groups attached to an aromatic ring is 1. The molecule has 0 atom stereocenters. The summed E-state index contributed by atoms with van der Waals surface area (Å²) in [6.07, 6.45) is 3.52. The summed E-state index contributed by atoms with van der Waals surface area (Å²) in [7, 11) is 1.53. The van der Waals surface area contributed by atoms with Gasteiger partial charge in [-0.15, -0.1) is 10.2 Å². The Bertz CT molecular complexity index is 1550. The summed E-state index contributed by atoms with van der Waals surface area (Å²) in [5.74, 6) is 2.02. The topological polar surface area (TPSA) is 134 Å². The number of nitrogens with zero attached hydrogens (tertiary/aromatic N) is 5. The monoisotopic (exact) mass is 491 g/mol. The summed E-state index contributed by atoms with van der Waals surface area (Å²) in [6.45, 7) is 0. The predicted molar refractivity (Wildman–Crippen MR) is 128 cm³/mol. The molecule has 1 fully saturated rings. The number of thiazole rings is 1. The molecule has 35 heavy (non-hydrogen) atoms. The van der Waals surface area contributed by atoms with E-state index in [9.17, 15) is 4.39 Å². The average molecular weight is 492 g/mol. The highest BCUT2D eigenvalue weighted by Gasteiger charge is 2.30. The molecule has 1 aliphatic carbocycles. The maximum absolute atomic E-state index is 14.9. The number of hydrogen-bond acceptors (Lipinski definition) is 11. The van der Waals surface area contributed by atoms with Gasteiger partial charge < -0.3 is 24.9 Å². The van der Waals surface area contributed by atoms with Crippen molar-refractivity contribution in [1.29, 1.82) is 0 Å². The molecule has 3 heterocycles. The Hall–Kier alpha value is -4.32. The number of ether oxygens (including phenoxy) is 2. The SMILES string of the molecule is COc1cc2ncnc(Nc3ccc(Oc4nc(-c5nnc(C6CC6)o5)cs4)cc3F)c2cc1N. The van der Waals surface area contributed by atoms with Crippen LogP contribution in [0.4, 0.5) is 21.6 Å². The normalized spacial score (nSPS) is 13.2. The fourth-order valence-electron chi connectivity index (χ4n) is 3.50. The van der Waals surface area contributed by atoms with Gasteiger partial charge in [0.15, 0.2) is 0 Å². The van der Waals surface area contributed by atoms with Crippen LogP contribution in [0.1, 0.15) is 24.7 Å². The minimum Gasteiger partial charge on any atom is -0.495 e. The molecule has 0 amide bonds. The van der Waals surface area contributed by atoms with E-state index in [0.717, 1.165) is 12.8 Å².